The molecule has 0 fully saturated rings. The van der Waals surface area contributed by atoms with E-state index in [1.807, 2.05) is 0 Å². The zero-order valence-electron chi connectivity index (χ0n) is 11.0. The van der Waals surface area contributed by atoms with Crippen molar-refractivity contribution < 1.29 is 18.4 Å². The average Bonchev–Trinajstić information content (AvgIpc) is 1.96. The highest BCUT2D eigenvalue weighted by Crippen LogP contribution is 2.24. The number of hydrogen-bond donors (Lipinski definition) is 0. The van der Waals surface area contributed by atoms with Gasteiger partial charge in [-0.1, -0.05) is 0 Å². The Bertz CT molecular complexity index is 321. The van der Waals surface area contributed by atoms with Gasteiger partial charge in [0.25, 0.3) is 0 Å². The minimum Gasteiger partial charge on any atom is -0.354 e. The van der Waals surface area contributed by atoms with Gasteiger partial charge in [-0.2, -0.15) is 9.32 Å². The zero-order valence-corrected chi connectivity index (χ0v) is 12.0. The Hall–Kier alpha value is -1.10. The number of rotatable bonds is 4. The second-order valence-corrected chi connectivity index (χ2v) is 7.34. The molecule has 7 heteroatoms. The van der Waals surface area contributed by atoms with Crippen LogP contribution in [0.25, 0.3) is 0 Å². The highest BCUT2D eigenvalue weighted by Gasteiger charge is 2.48. The van der Waals surface area contributed by atoms with E-state index in [-0.39, 0.29) is 0 Å². The Kier molecular flexibility index (Phi) is 5.13. The quantitative estimate of drug-likeness (QED) is 0.437. The van der Waals surface area contributed by atoms with Crippen LogP contribution in [0.1, 0.15) is 41.5 Å². The van der Waals surface area contributed by atoms with Gasteiger partial charge in [0.15, 0.2) is 0 Å². The average molecular weight is 258 g/mol. The van der Waals surface area contributed by atoms with Crippen molar-refractivity contribution in [3.63, 3.8) is 0 Å². The Morgan fingerprint density at radius 2 is 1.12 bits per heavy atom. The molecule has 0 bridgehead atoms. The van der Waals surface area contributed by atoms with Gasteiger partial charge in [0.1, 0.15) is 0 Å². The van der Waals surface area contributed by atoms with Gasteiger partial charge in [0, 0.05) is 0 Å². The van der Waals surface area contributed by atoms with Crippen molar-refractivity contribution in [2.75, 3.05) is 0 Å². The Balaban J connectivity index is 5.43. The first kappa shape index (κ1) is 15.9. The molecule has 17 heavy (non-hydrogen) atoms. The van der Waals surface area contributed by atoms with Gasteiger partial charge in [0.2, 0.25) is 12.2 Å². The highest BCUT2D eigenvalue weighted by molar-refractivity contribution is 6.65. The molecule has 6 nitrogen and oxygen atoms in total. The van der Waals surface area contributed by atoms with Crippen molar-refractivity contribution in [1.29, 1.82) is 0 Å². The van der Waals surface area contributed by atoms with E-state index < -0.39 is 20.1 Å². The molecule has 0 unspecified atom stereocenters. The van der Waals surface area contributed by atoms with Crippen LogP contribution in [0, 0.1) is 0 Å². The van der Waals surface area contributed by atoms with Crippen LogP contribution in [0.3, 0.4) is 0 Å². The van der Waals surface area contributed by atoms with E-state index in [0.29, 0.717) is 0 Å². The molecule has 0 saturated carbocycles. The maximum absolute atomic E-state index is 10.5. The van der Waals surface area contributed by atoms with Gasteiger partial charge in [0.05, 0.1) is 11.2 Å². The lowest BCUT2D eigenvalue weighted by atomic mass is 10.2. The molecule has 0 aliphatic carbocycles. The van der Waals surface area contributed by atoms with Crippen molar-refractivity contribution >= 4 is 21.0 Å². The van der Waals surface area contributed by atoms with Gasteiger partial charge in [-0.25, -0.2) is 9.59 Å². The molecule has 0 atom stereocenters. The van der Waals surface area contributed by atoms with Crippen molar-refractivity contribution in [1.82, 2.24) is 0 Å². The van der Waals surface area contributed by atoms with E-state index in [4.69, 9.17) is 8.85 Å². The van der Waals surface area contributed by atoms with Crippen LogP contribution in [-0.2, 0) is 18.4 Å². The van der Waals surface area contributed by atoms with Crippen LogP contribution in [0.5, 0.6) is 0 Å². The molecular formula is C10H18N2O4Si. The minimum absolute atomic E-state index is 0.655. The molecule has 96 valence electrons. The molecule has 0 aliphatic heterocycles. The molecule has 0 rings (SSSR count). The summed E-state index contributed by atoms with van der Waals surface area (Å²) in [5, 5.41) is 0. The molecule has 0 aliphatic rings. The zero-order chi connectivity index (χ0) is 13.7. The van der Waals surface area contributed by atoms with Crippen molar-refractivity contribution in [3.05, 3.63) is 0 Å². The van der Waals surface area contributed by atoms with E-state index in [2.05, 4.69) is 9.32 Å². The molecule has 0 radical (unpaired) electrons. The normalized spacial score (nSPS) is 12.6. The molecule has 0 amide bonds. The second-order valence-electron chi connectivity index (χ2n) is 5.38. The fraction of sp³-hybridized carbons (Fsp3) is 0.800. The minimum atomic E-state index is -3.66. The molecule has 0 heterocycles. The molecule has 0 spiro atoms. The summed E-state index contributed by atoms with van der Waals surface area (Å²) in [5.74, 6) is 0. The second kappa shape index (κ2) is 5.49. The standard InChI is InChI=1S/C10H18N2O4Si/c1-9(2,3)15-17(11-7-13,12-8-14)16-10(4,5)6/h1-6H3. The lowest BCUT2D eigenvalue weighted by Gasteiger charge is -2.32. The van der Waals surface area contributed by atoms with Crippen molar-refractivity contribution in [2.45, 2.75) is 52.7 Å². The monoisotopic (exact) mass is 258 g/mol. The number of isocyanates is 2. The summed E-state index contributed by atoms with van der Waals surface area (Å²) in [4.78, 5) is 20.9. The largest absolute Gasteiger partial charge is 0.649 e. The fourth-order valence-corrected chi connectivity index (χ4v) is 3.15. The van der Waals surface area contributed by atoms with Crippen LogP contribution < -0.4 is 0 Å². The third kappa shape index (κ3) is 6.94. The Morgan fingerprint density at radius 3 is 1.29 bits per heavy atom. The molecule has 0 aromatic heterocycles. The van der Waals surface area contributed by atoms with E-state index in [1.165, 1.54) is 12.2 Å². The lowest BCUT2D eigenvalue weighted by molar-refractivity contribution is 0.0156. The first-order chi connectivity index (χ1) is 7.54. The summed E-state index contributed by atoms with van der Waals surface area (Å²) in [6, 6.07) is 0. The predicted molar refractivity (Wildman–Crippen MR) is 63.7 cm³/mol. The molecular weight excluding hydrogens is 240 g/mol. The van der Waals surface area contributed by atoms with E-state index in [9.17, 15) is 9.59 Å². The Labute approximate surface area is 102 Å². The van der Waals surface area contributed by atoms with Gasteiger partial charge in [-0.15, -0.1) is 0 Å². The van der Waals surface area contributed by atoms with Crippen LogP contribution in [0.15, 0.2) is 9.32 Å². The topological polar surface area (TPSA) is 77.3 Å². The molecule has 0 N–H and O–H groups in total. The number of carbonyl (C=O) groups excluding carboxylic acids is 2. The van der Waals surface area contributed by atoms with Crippen LogP contribution in [0.4, 0.5) is 0 Å². The van der Waals surface area contributed by atoms with Crippen molar-refractivity contribution in [3.8, 4) is 0 Å². The molecule has 0 aromatic rings. The van der Waals surface area contributed by atoms with Crippen molar-refractivity contribution in [2.24, 2.45) is 9.32 Å². The summed E-state index contributed by atoms with van der Waals surface area (Å²) in [7, 11) is -3.66. The smallest absolute Gasteiger partial charge is 0.354 e. The van der Waals surface area contributed by atoms with E-state index in [1.54, 1.807) is 41.5 Å². The van der Waals surface area contributed by atoms with Crippen LogP contribution in [-0.4, -0.2) is 32.2 Å². The summed E-state index contributed by atoms with van der Waals surface area (Å²) in [5.41, 5.74) is -1.31. The first-order valence-corrected chi connectivity index (χ1v) is 6.83. The van der Waals surface area contributed by atoms with Gasteiger partial charge in [-0.3, -0.25) is 0 Å². The maximum Gasteiger partial charge on any atom is 0.649 e. The number of nitrogens with zero attached hydrogens (tertiary/aromatic N) is 2. The summed E-state index contributed by atoms with van der Waals surface area (Å²) < 4.78 is 18.0. The summed E-state index contributed by atoms with van der Waals surface area (Å²) in [6.07, 6.45) is 2.71. The van der Waals surface area contributed by atoms with Crippen LogP contribution >= 0.6 is 0 Å². The lowest BCUT2D eigenvalue weighted by Crippen LogP contribution is -2.49. The number of hydrogen-bond acceptors (Lipinski definition) is 6. The SMILES string of the molecule is CC(C)(C)O[Si](N=C=O)(N=C=O)OC(C)(C)C. The van der Waals surface area contributed by atoms with E-state index in [0.717, 1.165) is 0 Å². The van der Waals surface area contributed by atoms with Crippen LogP contribution in [0.2, 0.25) is 0 Å². The molecule has 0 saturated heterocycles. The Morgan fingerprint density at radius 1 is 0.824 bits per heavy atom. The summed E-state index contributed by atoms with van der Waals surface area (Å²) in [6.45, 7) is 10.5. The van der Waals surface area contributed by atoms with E-state index >= 15 is 0 Å². The summed E-state index contributed by atoms with van der Waals surface area (Å²) >= 11 is 0. The van der Waals surface area contributed by atoms with Gasteiger partial charge < -0.3 is 8.85 Å². The van der Waals surface area contributed by atoms with Gasteiger partial charge in [-0.05, 0) is 41.5 Å². The molecule has 0 aromatic carbocycles. The first-order valence-electron chi connectivity index (χ1n) is 5.12. The third-order valence-corrected chi connectivity index (χ3v) is 3.76. The fourth-order valence-electron chi connectivity index (χ4n) is 1.05. The van der Waals surface area contributed by atoms with Gasteiger partial charge >= 0.3 is 8.88 Å². The third-order valence-electron chi connectivity index (χ3n) is 1.25. The predicted octanol–water partition coefficient (Wildman–Crippen LogP) is 1.72. The maximum atomic E-state index is 10.5. The highest BCUT2D eigenvalue weighted by atomic mass is 28.4.